The molecular formula is C17H31Cl2N3O2. The third-order valence-electron chi connectivity index (χ3n) is 3.23. The molecule has 1 aromatic rings. The summed E-state index contributed by atoms with van der Waals surface area (Å²) in [6.07, 6.45) is 0.694. The minimum absolute atomic E-state index is 0. The molecule has 0 aliphatic heterocycles. The second kappa shape index (κ2) is 13.3. The van der Waals surface area contributed by atoms with E-state index < -0.39 is 6.04 Å². The Hall–Kier alpha value is -1.01. The van der Waals surface area contributed by atoms with Gasteiger partial charge in [0.05, 0.1) is 6.04 Å². The lowest BCUT2D eigenvalue weighted by Gasteiger charge is -2.15. The first-order valence-corrected chi connectivity index (χ1v) is 7.78. The number of hydrogen-bond donors (Lipinski definition) is 2. The van der Waals surface area contributed by atoms with Crippen molar-refractivity contribution in [3.8, 4) is 5.75 Å². The number of amides is 1. The zero-order chi connectivity index (χ0) is 16.5. The fourth-order valence-corrected chi connectivity index (χ4v) is 2.03. The number of ether oxygens (including phenoxy) is 1. The summed E-state index contributed by atoms with van der Waals surface area (Å²) in [5.74, 6) is 1.13. The highest BCUT2D eigenvalue weighted by Crippen LogP contribution is 2.13. The van der Waals surface area contributed by atoms with E-state index >= 15 is 0 Å². The SMILES string of the molecule is CC(C)C[C@H](N)C(=O)NCc1cccc(OCCN(C)C)c1.Cl.Cl. The van der Waals surface area contributed by atoms with E-state index in [4.69, 9.17) is 10.5 Å². The highest BCUT2D eigenvalue weighted by molar-refractivity contribution is 5.85. The van der Waals surface area contributed by atoms with E-state index in [1.54, 1.807) is 0 Å². The first-order chi connectivity index (χ1) is 10.4. The molecule has 140 valence electrons. The summed E-state index contributed by atoms with van der Waals surface area (Å²) in [4.78, 5) is 14.0. The Morgan fingerprint density at radius 2 is 1.96 bits per heavy atom. The van der Waals surface area contributed by atoms with Gasteiger partial charge < -0.3 is 20.7 Å². The van der Waals surface area contributed by atoms with Gasteiger partial charge in [0.15, 0.2) is 0 Å². The van der Waals surface area contributed by atoms with Crippen molar-refractivity contribution in [1.29, 1.82) is 0 Å². The number of carbonyl (C=O) groups excluding carboxylic acids is 1. The van der Waals surface area contributed by atoms with Crippen molar-refractivity contribution in [2.24, 2.45) is 11.7 Å². The van der Waals surface area contributed by atoms with Crippen LogP contribution in [0.4, 0.5) is 0 Å². The summed E-state index contributed by atoms with van der Waals surface area (Å²) in [7, 11) is 4.02. The molecule has 1 atom stereocenters. The molecule has 0 unspecified atom stereocenters. The lowest BCUT2D eigenvalue weighted by atomic mass is 10.0. The summed E-state index contributed by atoms with van der Waals surface area (Å²) in [6.45, 7) is 6.09. The largest absolute Gasteiger partial charge is 0.492 e. The third-order valence-corrected chi connectivity index (χ3v) is 3.23. The predicted octanol–water partition coefficient (Wildman–Crippen LogP) is 2.46. The molecule has 3 N–H and O–H groups in total. The number of likely N-dealkylation sites (N-methyl/N-ethyl adjacent to an activating group) is 1. The molecule has 0 aliphatic carbocycles. The number of benzene rings is 1. The number of rotatable bonds is 9. The second-order valence-electron chi connectivity index (χ2n) is 6.25. The van der Waals surface area contributed by atoms with Crippen LogP contribution in [0.2, 0.25) is 0 Å². The molecule has 5 nitrogen and oxygen atoms in total. The maximum atomic E-state index is 11.9. The van der Waals surface area contributed by atoms with E-state index in [0.717, 1.165) is 17.9 Å². The highest BCUT2D eigenvalue weighted by atomic mass is 35.5. The fourth-order valence-electron chi connectivity index (χ4n) is 2.03. The van der Waals surface area contributed by atoms with Crippen LogP contribution >= 0.6 is 24.8 Å². The molecule has 1 rings (SSSR count). The summed E-state index contributed by atoms with van der Waals surface area (Å²) in [5.41, 5.74) is 6.87. The fraction of sp³-hybridized carbons (Fsp3) is 0.588. The molecule has 0 aliphatic rings. The van der Waals surface area contributed by atoms with E-state index in [2.05, 4.69) is 24.1 Å². The van der Waals surface area contributed by atoms with Crippen LogP contribution < -0.4 is 15.8 Å². The van der Waals surface area contributed by atoms with E-state index in [0.29, 0.717) is 25.5 Å². The topological polar surface area (TPSA) is 67.6 Å². The summed E-state index contributed by atoms with van der Waals surface area (Å²) < 4.78 is 5.69. The maximum absolute atomic E-state index is 11.9. The van der Waals surface area contributed by atoms with Crippen molar-refractivity contribution in [3.05, 3.63) is 29.8 Å². The molecule has 0 radical (unpaired) electrons. The minimum Gasteiger partial charge on any atom is -0.492 e. The zero-order valence-corrected chi connectivity index (χ0v) is 16.6. The van der Waals surface area contributed by atoms with Crippen LogP contribution in [0.15, 0.2) is 24.3 Å². The van der Waals surface area contributed by atoms with Gasteiger partial charge in [-0.2, -0.15) is 0 Å². The standard InChI is InChI=1S/C17H29N3O2.2ClH/c1-13(2)10-16(18)17(21)19-12-14-6-5-7-15(11-14)22-9-8-20(3)4;;/h5-7,11,13,16H,8-10,12,18H2,1-4H3,(H,19,21);2*1H/t16-;;/m0../s1. The van der Waals surface area contributed by atoms with Crippen LogP contribution in [0.3, 0.4) is 0 Å². The molecule has 24 heavy (non-hydrogen) atoms. The molecule has 1 aromatic carbocycles. The summed E-state index contributed by atoms with van der Waals surface area (Å²) in [6, 6.07) is 7.32. The van der Waals surface area contributed by atoms with Gasteiger partial charge in [-0.15, -0.1) is 24.8 Å². The monoisotopic (exact) mass is 379 g/mol. The van der Waals surface area contributed by atoms with Gasteiger partial charge >= 0.3 is 0 Å². The van der Waals surface area contributed by atoms with Crippen molar-refractivity contribution in [3.63, 3.8) is 0 Å². The normalized spacial score (nSPS) is 11.5. The van der Waals surface area contributed by atoms with Crippen LogP contribution in [0.25, 0.3) is 0 Å². The second-order valence-corrected chi connectivity index (χ2v) is 6.25. The minimum atomic E-state index is -0.445. The van der Waals surface area contributed by atoms with Gasteiger partial charge in [0.25, 0.3) is 0 Å². The van der Waals surface area contributed by atoms with Gasteiger partial charge in [0, 0.05) is 13.1 Å². The number of nitrogens with two attached hydrogens (primary N) is 1. The highest BCUT2D eigenvalue weighted by Gasteiger charge is 2.14. The van der Waals surface area contributed by atoms with E-state index in [1.165, 1.54) is 0 Å². The van der Waals surface area contributed by atoms with Crippen molar-refractivity contribution < 1.29 is 9.53 Å². The molecule has 0 heterocycles. The Morgan fingerprint density at radius 1 is 1.29 bits per heavy atom. The van der Waals surface area contributed by atoms with Crippen LogP contribution in [-0.4, -0.2) is 44.1 Å². The summed E-state index contributed by atoms with van der Waals surface area (Å²) in [5, 5.41) is 2.88. The molecule has 0 bridgehead atoms. The quantitative estimate of drug-likeness (QED) is 0.691. The van der Waals surface area contributed by atoms with Crippen molar-refractivity contribution in [1.82, 2.24) is 10.2 Å². The number of carbonyl (C=O) groups is 1. The Labute approximate surface area is 158 Å². The third kappa shape index (κ3) is 10.7. The molecule has 7 heteroatoms. The smallest absolute Gasteiger partial charge is 0.237 e. The number of hydrogen-bond acceptors (Lipinski definition) is 4. The lowest BCUT2D eigenvalue weighted by Crippen LogP contribution is -2.41. The first kappa shape index (κ1) is 25.2. The number of nitrogens with one attached hydrogen (secondary N) is 1. The maximum Gasteiger partial charge on any atom is 0.237 e. The van der Waals surface area contributed by atoms with Gasteiger partial charge in [-0.3, -0.25) is 4.79 Å². The first-order valence-electron chi connectivity index (χ1n) is 7.78. The zero-order valence-electron chi connectivity index (χ0n) is 15.0. The molecule has 0 saturated carbocycles. The Kier molecular flexibility index (Phi) is 14.0. The van der Waals surface area contributed by atoms with Gasteiger partial charge in [0.1, 0.15) is 12.4 Å². The van der Waals surface area contributed by atoms with Gasteiger partial charge in [-0.1, -0.05) is 26.0 Å². The number of nitrogens with zero attached hydrogens (tertiary/aromatic N) is 1. The molecule has 0 fully saturated rings. The van der Waals surface area contributed by atoms with Crippen LogP contribution in [0, 0.1) is 5.92 Å². The lowest BCUT2D eigenvalue weighted by molar-refractivity contribution is -0.122. The molecular weight excluding hydrogens is 349 g/mol. The molecule has 0 saturated heterocycles. The Balaban J connectivity index is 0. The summed E-state index contributed by atoms with van der Waals surface area (Å²) >= 11 is 0. The van der Waals surface area contributed by atoms with Crippen LogP contribution in [0.1, 0.15) is 25.8 Å². The van der Waals surface area contributed by atoms with Crippen molar-refractivity contribution in [2.75, 3.05) is 27.2 Å². The average molecular weight is 380 g/mol. The van der Waals surface area contributed by atoms with Crippen molar-refractivity contribution >= 4 is 30.7 Å². The molecule has 0 aromatic heterocycles. The molecule has 1 amide bonds. The Morgan fingerprint density at radius 3 is 2.54 bits per heavy atom. The van der Waals surface area contributed by atoms with Gasteiger partial charge in [0.2, 0.25) is 5.91 Å². The predicted molar refractivity (Wildman–Crippen MR) is 104 cm³/mol. The van der Waals surface area contributed by atoms with E-state index in [9.17, 15) is 4.79 Å². The average Bonchev–Trinajstić information content (AvgIpc) is 2.44. The van der Waals surface area contributed by atoms with E-state index in [-0.39, 0.29) is 30.7 Å². The number of halogens is 2. The van der Waals surface area contributed by atoms with E-state index in [1.807, 2.05) is 38.4 Å². The molecule has 0 spiro atoms. The van der Waals surface area contributed by atoms with Gasteiger partial charge in [-0.25, -0.2) is 0 Å². The van der Waals surface area contributed by atoms with Crippen LogP contribution in [0.5, 0.6) is 5.75 Å². The van der Waals surface area contributed by atoms with Crippen LogP contribution in [-0.2, 0) is 11.3 Å². The van der Waals surface area contributed by atoms with Gasteiger partial charge in [-0.05, 0) is 44.1 Å². The Bertz CT molecular complexity index is 471. The van der Waals surface area contributed by atoms with Crippen molar-refractivity contribution in [2.45, 2.75) is 32.9 Å².